The average molecular weight is 411 g/mol. The molecule has 2 N–H and O–H groups in total. The molecule has 0 bridgehead atoms. The SMILES string of the molecule is COc1ccc(N2CC[NH+]([C@H](c3cccs3)[C@H](C)NS(C)(=O)=O)CC2)cc1. The molecule has 2 heterocycles. The first-order chi connectivity index (χ1) is 12.9. The number of nitrogens with one attached hydrogen (secondary N) is 2. The van der Waals surface area contributed by atoms with Crippen molar-refractivity contribution < 1.29 is 18.1 Å². The number of thiophene rings is 1. The second kappa shape index (κ2) is 8.60. The van der Waals surface area contributed by atoms with Gasteiger partial charge in [-0.05, 0) is 42.6 Å². The highest BCUT2D eigenvalue weighted by Gasteiger charge is 2.34. The minimum atomic E-state index is -3.24. The number of hydrogen-bond donors (Lipinski definition) is 2. The molecule has 8 heteroatoms. The lowest BCUT2D eigenvalue weighted by Gasteiger charge is -2.39. The van der Waals surface area contributed by atoms with E-state index in [1.54, 1.807) is 18.4 Å². The van der Waals surface area contributed by atoms with E-state index in [2.05, 4.69) is 33.2 Å². The number of sulfonamides is 1. The summed E-state index contributed by atoms with van der Waals surface area (Å²) in [6, 6.07) is 12.3. The van der Waals surface area contributed by atoms with Crippen molar-refractivity contribution in [2.45, 2.75) is 19.0 Å². The highest BCUT2D eigenvalue weighted by molar-refractivity contribution is 7.88. The molecule has 1 saturated heterocycles. The number of ether oxygens (including phenoxy) is 1. The van der Waals surface area contributed by atoms with Crippen molar-refractivity contribution in [1.29, 1.82) is 0 Å². The lowest BCUT2D eigenvalue weighted by molar-refractivity contribution is -0.933. The van der Waals surface area contributed by atoms with Gasteiger partial charge in [-0.3, -0.25) is 0 Å². The molecular weight excluding hydrogens is 382 g/mol. The second-order valence-electron chi connectivity index (χ2n) is 7.02. The first kappa shape index (κ1) is 20.1. The van der Waals surface area contributed by atoms with Crippen LogP contribution < -0.4 is 19.3 Å². The summed E-state index contributed by atoms with van der Waals surface area (Å²) >= 11 is 1.70. The molecule has 3 rings (SSSR count). The molecule has 1 aromatic heterocycles. The Bertz CT molecular complexity index is 814. The van der Waals surface area contributed by atoms with Gasteiger partial charge in [-0.25, -0.2) is 13.1 Å². The molecule has 6 nitrogen and oxygen atoms in total. The lowest BCUT2D eigenvalue weighted by atomic mass is 10.1. The topological polar surface area (TPSA) is 63.1 Å². The van der Waals surface area contributed by atoms with E-state index in [0.717, 1.165) is 31.9 Å². The van der Waals surface area contributed by atoms with E-state index in [-0.39, 0.29) is 12.1 Å². The van der Waals surface area contributed by atoms with Gasteiger partial charge in [0.1, 0.15) is 11.8 Å². The van der Waals surface area contributed by atoms with Crippen molar-refractivity contribution in [3.8, 4) is 5.75 Å². The van der Waals surface area contributed by atoms with Gasteiger partial charge in [-0.2, -0.15) is 0 Å². The fraction of sp³-hybridized carbons (Fsp3) is 0.474. The number of rotatable bonds is 7. The molecule has 2 aromatic rings. The Balaban J connectivity index is 1.70. The number of benzene rings is 1. The van der Waals surface area contributed by atoms with E-state index in [0.29, 0.717) is 0 Å². The van der Waals surface area contributed by atoms with Crippen molar-refractivity contribution in [3.63, 3.8) is 0 Å². The Hall–Kier alpha value is -1.61. The summed E-state index contributed by atoms with van der Waals surface area (Å²) in [7, 11) is -1.57. The fourth-order valence-electron chi connectivity index (χ4n) is 3.83. The van der Waals surface area contributed by atoms with Crippen LogP contribution in [0.3, 0.4) is 0 Å². The van der Waals surface area contributed by atoms with Gasteiger partial charge in [0.05, 0.1) is 50.5 Å². The Morgan fingerprint density at radius 3 is 2.37 bits per heavy atom. The molecular formula is C19H28N3O3S2+. The standard InChI is InChI=1S/C19H27N3O3S2/c1-15(20-27(3,23)24)19(18-5-4-14-26-18)22-12-10-21(11-13-22)16-6-8-17(25-2)9-7-16/h4-9,14-15,19-20H,10-13H2,1-3H3/p+1/t15-,19-/m0/s1. The first-order valence-corrected chi connectivity index (χ1v) is 11.9. The molecule has 1 aliphatic heterocycles. The quantitative estimate of drug-likeness (QED) is 0.719. The van der Waals surface area contributed by atoms with Gasteiger partial charge < -0.3 is 14.5 Å². The van der Waals surface area contributed by atoms with Crippen LogP contribution in [0.4, 0.5) is 5.69 Å². The van der Waals surface area contributed by atoms with Gasteiger partial charge in [-0.15, -0.1) is 11.3 Å². The number of quaternary nitrogens is 1. The van der Waals surface area contributed by atoms with Crippen molar-refractivity contribution >= 4 is 27.0 Å². The molecule has 0 amide bonds. The molecule has 1 fully saturated rings. The summed E-state index contributed by atoms with van der Waals surface area (Å²) in [6.07, 6.45) is 1.23. The van der Waals surface area contributed by atoms with Crippen LogP contribution in [0, 0.1) is 0 Å². The zero-order valence-corrected chi connectivity index (χ0v) is 17.6. The molecule has 27 heavy (non-hydrogen) atoms. The highest BCUT2D eigenvalue weighted by atomic mass is 32.2. The molecule has 1 aromatic carbocycles. The van der Waals surface area contributed by atoms with Gasteiger partial charge in [0.2, 0.25) is 10.0 Å². The molecule has 148 valence electrons. The van der Waals surface area contributed by atoms with Crippen LogP contribution in [-0.4, -0.2) is 54.0 Å². The van der Waals surface area contributed by atoms with E-state index >= 15 is 0 Å². The second-order valence-corrected chi connectivity index (χ2v) is 9.77. The Labute approximate surface area is 165 Å². The maximum absolute atomic E-state index is 11.8. The van der Waals surface area contributed by atoms with Crippen molar-refractivity contribution in [1.82, 2.24) is 4.72 Å². The summed E-state index contributed by atoms with van der Waals surface area (Å²) in [5.41, 5.74) is 1.20. The highest BCUT2D eigenvalue weighted by Crippen LogP contribution is 2.22. The van der Waals surface area contributed by atoms with Gasteiger partial charge in [0.25, 0.3) is 0 Å². The van der Waals surface area contributed by atoms with Crippen molar-refractivity contribution in [2.75, 3.05) is 44.4 Å². The molecule has 0 saturated carbocycles. The fourth-order valence-corrected chi connectivity index (χ4v) is 5.63. The zero-order chi connectivity index (χ0) is 19.4. The number of piperazine rings is 1. The minimum absolute atomic E-state index is 0.123. The zero-order valence-electron chi connectivity index (χ0n) is 16.0. The van der Waals surface area contributed by atoms with Crippen LogP contribution >= 0.6 is 11.3 Å². The summed E-state index contributed by atoms with van der Waals surface area (Å²) in [5, 5.41) is 2.06. The van der Waals surface area contributed by atoms with Gasteiger partial charge >= 0.3 is 0 Å². The largest absolute Gasteiger partial charge is 0.497 e. The van der Waals surface area contributed by atoms with Crippen LogP contribution in [-0.2, 0) is 10.0 Å². The summed E-state index contributed by atoms with van der Waals surface area (Å²) < 4.78 is 31.5. The number of methoxy groups -OCH3 is 1. The molecule has 0 aliphatic carbocycles. The normalized spacial score (nSPS) is 18.3. The molecule has 1 aliphatic rings. The molecule has 0 radical (unpaired) electrons. The van der Waals surface area contributed by atoms with Crippen molar-refractivity contribution in [2.24, 2.45) is 0 Å². The van der Waals surface area contributed by atoms with E-state index in [1.165, 1.54) is 21.7 Å². The minimum Gasteiger partial charge on any atom is -0.497 e. The van der Waals surface area contributed by atoms with E-state index in [1.807, 2.05) is 25.1 Å². The average Bonchev–Trinajstić information content (AvgIpc) is 3.15. The lowest BCUT2D eigenvalue weighted by Crippen LogP contribution is -3.16. The first-order valence-electron chi connectivity index (χ1n) is 9.11. The van der Waals surface area contributed by atoms with E-state index in [9.17, 15) is 8.42 Å². The van der Waals surface area contributed by atoms with Crippen LogP contribution in [0.5, 0.6) is 5.75 Å². The molecule has 0 spiro atoms. The Morgan fingerprint density at radius 2 is 1.85 bits per heavy atom. The summed E-state index contributed by atoms with van der Waals surface area (Å²) in [4.78, 5) is 5.03. The maximum atomic E-state index is 11.8. The van der Waals surface area contributed by atoms with Gasteiger partial charge in [0, 0.05) is 5.69 Å². The predicted octanol–water partition coefficient (Wildman–Crippen LogP) is 1.14. The van der Waals surface area contributed by atoms with Crippen molar-refractivity contribution in [3.05, 3.63) is 46.7 Å². The Kier molecular flexibility index (Phi) is 6.41. The third-order valence-electron chi connectivity index (χ3n) is 5.03. The number of nitrogens with zero attached hydrogens (tertiary/aromatic N) is 1. The third kappa shape index (κ3) is 5.22. The van der Waals surface area contributed by atoms with Crippen LogP contribution in [0.1, 0.15) is 17.8 Å². The predicted molar refractivity (Wildman–Crippen MR) is 110 cm³/mol. The maximum Gasteiger partial charge on any atom is 0.209 e. The number of anilines is 1. The molecule has 2 atom stereocenters. The monoisotopic (exact) mass is 410 g/mol. The number of hydrogen-bond acceptors (Lipinski definition) is 5. The Morgan fingerprint density at radius 1 is 1.19 bits per heavy atom. The third-order valence-corrected chi connectivity index (χ3v) is 6.79. The van der Waals surface area contributed by atoms with E-state index < -0.39 is 10.0 Å². The van der Waals surface area contributed by atoms with E-state index in [4.69, 9.17) is 4.74 Å². The summed E-state index contributed by atoms with van der Waals surface area (Å²) in [6.45, 7) is 5.77. The molecule has 0 unspecified atom stereocenters. The van der Waals surface area contributed by atoms with Crippen LogP contribution in [0.2, 0.25) is 0 Å². The van der Waals surface area contributed by atoms with Crippen LogP contribution in [0.25, 0.3) is 0 Å². The van der Waals surface area contributed by atoms with Crippen LogP contribution in [0.15, 0.2) is 41.8 Å². The van der Waals surface area contributed by atoms with Gasteiger partial charge in [-0.1, -0.05) is 6.07 Å². The van der Waals surface area contributed by atoms with Gasteiger partial charge in [0.15, 0.2) is 0 Å². The smallest absolute Gasteiger partial charge is 0.209 e. The summed E-state index contributed by atoms with van der Waals surface area (Å²) in [5.74, 6) is 0.862.